The molecular weight excluding hydrogens is 552 g/mol. The van der Waals surface area contributed by atoms with Crippen molar-refractivity contribution >= 4 is 65.8 Å². The Morgan fingerprint density at radius 3 is 1.69 bits per heavy atom. The molecule has 210 valence electrons. The third-order valence-corrected chi connectivity index (χ3v) is 9.05. The van der Waals surface area contributed by atoms with Crippen molar-refractivity contribution in [3.63, 3.8) is 0 Å². The van der Waals surface area contributed by atoms with Crippen LogP contribution in [-0.2, 0) is 0 Å². The molecule has 10 aromatic rings. The number of fused-ring (bicyclic) bond motifs is 9. The number of rotatable bonds is 3. The summed E-state index contributed by atoms with van der Waals surface area (Å²) in [6, 6.07) is 50.7. The first-order chi connectivity index (χ1) is 22.3. The van der Waals surface area contributed by atoms with E-state index in [2.05, 4.69) is 138 Å². The maximum absolute atomic E-state index is 6.61. The van der Waals surface area contributed by atoms with E-state index in [-0.39, 0.29) is 0 Å². The summed E-state index contributed by atoms with van der Waals surface area (Å²) in [5.74, 6) is 0.835. The minimum absolute atomic E-state index is 0.625. The second-order valence-electron chi connectivity index (χ2n) is 11.5. The van der Waals surface area contributed by atoms with Gasteiger partial charge in [0.2, 0.25) is 5.71 Å². The van der Waals surface area contributed by atoms with Gasteiger partial charge in [0.05, 0.1) is 11.0 Å². The zero-order valence-corrected chi connectivity index (χ0v) is 24.1. The summed E-state index contributed by atoms with van der Waals surface area (Å²) in [5.41, 5.74) is 9.78. The Balaban J connectivity index is 1.14. The standard InChI is InChI=1S/C41H24N2O2/c1-4-19-35-29(12-1)30-13-2-5-20-36(30)43(35)38-23-22-34-33-18-9-16-28(40(33)45-41(34)42-38)26-11-7-10-25(24-26)27-15-8-17-32-31-14-3-6-21-37(31)44-39(27)32/h1-24H. The molecule has 0 aliphatic carbocycles. The minimum atomic E-state index is 0.625. The predicted octanol–water partition coefficient (Wildman–Crippen LogP) is 11.3. The second-order valence-corrected chi connectivity index (χ2v) is 11.5. The number of aromatic nitrogens is 2. The van der Waals surface area contributed by atoms with Gasteiger partial charge in [0, 0.05) is 43.4 Å². The van der Waals surface area contributed by atoms with Crippen molar-refractivity contribution < 1.29 is 8.83 Å². The first-order valence-electron chi connectivity index (χ1n) is 15.1. The van der Waals surface area contributed by atoms with Crippen molar-refractivity contribution in [2.75, 3.05) is 0 Å². The largest absolute Gasteiger partial charge is 0.455 e. The number of para-hydroxylation sites is 5. The van der Waals surface area contributed by atoms with E-state index >= 15 is 0 Å². The van der Waals surface area contributed by atoms with Crippen LogP contribution in [0.25, 0.3) is 93.9 Å². The van der Waals surface area contributed by atoms with Crippen LogP contribution < -0.4 is 0 Å². The van der Waals surface area contributed by atoms with Crippen LogP contribution in [0.2, 0.25) is 0 Å². The van der Waals surface area contributed by atoms with Crippen molar-refractivity contribution in [1.82, 2.24) is 9.55 Å². The number of pyridine rings is 1. The molecular formula is C41H24N2O2. The quantitative estimate of drug-likeness (QED) is 0.210. The lowest BCUT2D eigenvalue weighted by atomic mass is 9.96. The van der Waals surface area contributed by atoms with E-state index in [9.17, 15) is 0 Å². The summed E-state index contributed by atoms with van der Waals surface area (Å²) < 4.78 is 15.2. The van der Waals surface area contributed by atoms with Crippen LogP contribution in [0.1, 0.15) is 0 Å². The van der Waals surface area contributed by atoms with Crippen LogP contribution >= 0.6 is 0 Å². The lowest BCUT2D eigenvalue weighted by molar-refractivity contribution is 0.654. The summed E-state index contributed by atoms with van der Waals surface area (Å²) in [6.07, 6.45) is 0. The van der Waals surface area contributed by atoms with E-state index in [1.807, 2.05) is 12.1 Å². The van der Waals surface area contributed by atoms with Crippen molar-refractivity contribution in [3.8, 4) is 28.1 Å². The van der Waals surface area contributed by atoms with Crippen LogP contribution in [0.15, 0.2) is 154 Å². The topological polar surface area (TPSA) is 44.1 Å². The molecule has 10 rings (SSSR count). The molecule has 0 saturated heterocycles. The molecule has 4 aromatic heterocycles. The third kappa shape index (κ3) is 3.51. The molecule has 0 N–H and O–H groups in total. The van der Waals surface area contributed by atoms with Gasteiger partial charge in [0.25, 0.3) is 0 Å². The molecule has 0 fully saturated rings. The van der Waals surface area contributed by atoms with Crippen LogP contribution in [0.3, 0.4) is 0 Å². The zero-order valence-electron chi connectivity index (χ0n) is 24.1. The first-order valence-corrected chi connectivity index (χ1v) is 15.1. The van der Waals surface area contributed by atoms with E-state index in [1.165, 1.54) is 10.8 Å². The number of hydrogen-bond donors (Lipinski definition) is 0. The van der Waals surface area contributed by atoms with Crippen LogP contribution in [0.4, 0.5) is 0 Å². The highest BCUT2D eigenvalue weighted by Crippen LogP contribution is 2.40. The van der Waals surface area contributed by atoms with Crippen molar-refractivity contribution in [2.24, 2.45) is 0 Å². The minimum Gasteiger partial charge on any atom is -0.455 e. The van der Waals surface area contributed by atoms with Crippen molar-refractivity contribution in [3.05, 3.63) is 146 Å². The molecule has 4 heterocycles. The van der Waals surface area contributed by atoms with Gasteiger partial charge in [-0.3, -0.25) is 4.57 Å². The molecule has 0 aliphatic heterocycles. The van der Waals surface area contributed by atoms with Gasteiger partial charge in [0.15, 0.2) is 0 Å². The Morgan fingerprint density at radius 2 is 0.978 bits per heavy atom. The molecule has 0 unspecified atom stereocenters. The summed E-state index contributed by atoms with van der Waals surface area (Å²) in [7, 11) is 0. The molecule has 6 aromatic carbocycles. The summed E-state index contributed by atoms with van der Waals surface area (Å²) in [6.45, 7) is 0. The van der Waals surface area contributed by atoms with E-state index in [4.69, 9.17) is 13.8 Å². The Kier molecular flexibility index (Phi) is 4.96. The predicted molar refractivity (Wildman–Crippen MR) is 184 cm³/mol. The Bertz CT molecular complexity index is 2720. The molecule has 4 nitrogen and oxygen atoms in total. The van der Waals surface area contributed by atoms with E-state index < -0.39 is 0 Å². The van der Waals surface area contributed by atoms with Crippen LogP contribution in [0.5, 0.6) is 0 Å². The van der Waals surface area contributed by atoms with Crippen molar-refractivity contribution in [2.45, 2.75) is 0 Å². The normalized spacial score (nSPS) is 12.0. The Morgan fingerprint density at radius 1 is 0.422 bits per heavy atom. The maximum atomic E-state index is 6.61. The fourth-order valence-electron chi connectivity index (χ4n) is 7.02. The number of nitrogens with zero attached hydrogens (tertiary/aromatic N) is 2. The molecule has 0 aliphatic rings. The van der Waals surface area contributed by atoms with Crippen molar-refractivity contribution in [1.29, 1.82) is 0 Å². The maximum Gasteiger partial charge on any atom is 0.229 e. The summed E-state index contributed by atoms with van der Waals surface area (Å²) in [5, 5.41) is 6.72. The lowest BCUT2D eigenvalue weighted by Crippen LogP contribution is -1.96. The molecule has 0 radical (unpaired) electrons. The molecule has 4 heteroatoms. The highest BCUT2D eigenvalue weighted by atomic mass is 16.3. The van der Waals surface area contributed by atoms with Gasteiger partial charge >= 0.3 is 0 Å². The Labute approximate surface area is 257 Å². The average molecular weight is 577 g/mol. The highest BCUT2D eigenvalue weighted by molar-refractivity contribution is 6.12. The van der Waals surface area contributed by atoms with Gasteiger partial charge in [-0.15, -0.1) is 0 Å². The first kappa shape index (κ1) is 24.3. The number of furan rings is 2. The Hall–Kier alpha value is -6.13. The van der Waals surface area contributed by atoms with Crippen LogP contribution in [0, 0.1) is 0 Å². The summed E-state index contributed by atoms with van der Waals surface area (Å²) >= 11 is 0. The number of benzene rings is 6. The van der Waals surface area contributed by atoms with Gasteiger partial charge in [0.1, 0.15) is 22.6 Å². The van der Waals surface area contributed by atoms with E-state index in [0.29, 0.717) is 5.71 Å². The molecule has 45 heavy (non-hydrogen) atoms. The molecule has 0 amide bonds. The molecule has 0 bridgehead atoms. The third-order valence-electron chi connectivity index (χ3n) is 9.05. The van der Waals surface area contributed by atoms with Crippen LogP contribution in [-0.4, -0.2) is 9.55 Å². The molecule has 0 spiro atoms. The second kappa shape index (κ2) is 9.18. The highest BCUT2D eigenvalue weighted by Gasteiger charge is 2.18. The van der Waals surface area contributed by atoms with E-state index in [1.54, 1.807) is 0 Å². The average Bonchev–Trinajstić information content (AvgIpc) is 3.77. The van der Waals surface area contributed by atoms with Gasteiger partial charge in [-0.1, -0.05) is 109 Å². The van der Waals surface area contributed by atoms with E-state index in [0.717, 1.165) is 77.4 Å². The molecule has 0 atom stereocenters. The lowest BCUT2D eigenvalue weighted by Gasteiger charge is -2.07. The molecule has 0 saturated carbocycles. The van der Waals surface area contributed by atoms with Gasteiger partial charge in [-0.2, -0.15) is 4.98 Å². The smallest absolute Gasteiger partial charge is 0.229 e. The SMILES string of the molecule is c1cc(-c2cccc3c2oc2ccccc23)cc(-c2cccc3c2oc2nc(-n4c5ccccc5c5ccccc54)ccc23)c1. The fourth-order valence-corrected chi connectivity index (χ4v) is 7.02. The fraction of sp³-hybridized carbons (Fsp3) is 0. The zero-order chi connectivity index (χ0) is 29.5. The summed E-state index contributed by atoms with van der Waals surface area (Å²) in [4.78, 5) is 5.09. The number of hydrogen-bond acceptors (Lipinski definition) is 3. The van der Waals surface area contributed by atoms with Gasteiger partial charge < -0.3 is 8.83 Å². The van der Waals surface area contributed by atoms with Gasteiger partial charge in [-0.25, -0.2) is 0 Å². The van der Waals surface area contributed by atoms with Gasteiger partial charge in [-0.05, 0) is 47.5 Å². The monoisotopic (exact) mass is 576 g/mol.